The number of nitrogens with one attached hydrogen (secondary N) is 2. The molecule has 8 heteroatoms. The van der Waals surface area contributed by atoms with E-state index in [1.54, 1.807) is 12.4 Å². The Kier molecular flexibility index (Phi) is 5.01. The molecule has 3 aromatic rings. The van der Waals surface area contributed by atoms with Crippen LogP contribution in [0.25, 0.3) is 16.8 Å². The lowest BCUT2D eigenvalue weighted by atomic mass is 9.97. The van der Waals surface area contributed by atoms with Gasteiger partial charge in [-0.25, -0.2) is 9.31 Å². The average Bonchev–Trinajstić information content (AvgIpc) is 3.37. The van der Waals surface area contributed by atoms with Gasteiger partial charge in [0.15, 0.2) is 11.4 Å². The SMILES string of the molecule is CCNC(=O)Nc1nc2cc(-c3cccnc3)cc(C(=O)C3CCCC3)n2n1. The molecule has 0 atom stereocenters. The van der Waals surface area contributed by atoms with E-state index in [9.17, 15) is 9.59 Å². The van der Waals surface area contributed by atoms with Gasteiger partial charge >= 0.3 is 6.03 Å². The molecule has 8 nitrogen and oxygen atoms in total. The fourth-order valence-electron chi connectivity index (χ4n) is 3.62. The minimum Gasteiger partial charge on any atom is -0.338 e. The summed E-state index contributed by atoms with van der Waals surface area (Å²) in [5.41, 5.74) is 2.74. The summed E-state index contributed by atoms with van der Waals surface area (Å²) in [6.45, 7) is 2.32. The molecule has 0 aromatic carbocycles. The number of carbonyl (C=O) groups excluding carboxylic acids is 2. The van der Waals surface area contributed by atoms with Crippen molar-refractivity contribution in [3.63, 3.8) is 0 Å². The highest BCUT2D eigenvalue weighted by atomic mass is 16.2. The number of amides is 2. The molecule has 0 saturated heterocycles. The Balaban J connectivity index is 1.79. The molecule has 3 heterocycles. The third-order valence-electron chi connectivity index (χ3n) is 4.97. The number of nitrogens with zero attached hydrogens (tertiary/aromatic N) is 4. The van der Waals surface area contributed by atoms with Crippen LogP contribution in [0.1, 0.15) is 43.1 Å². The van der Waals surface area contributed by atoms with E-state index < -0.39 is 0 Å². The zero-order valence-electron chi connectivity index (χ0n) is 15.7. The number of rotatable bonds is 5. The highest BCUT2D eigenvalue weighted by molar-refractivity contribution is 5.98. The summed E-state index contributed by atoms with van der Waals surface area (Å²) in [7, 11) is 0. The lowest BCUT2D eigenvalue weighted by Gasteiger charge is -2.11. The Hall–Kier alpha value is -3.29. The Morgan fingerprint density at radius 3 is 2.75 bits per heavy atom. The van der Waals surface area contributed by atoms with Crippen molar-refractivity contribution in [1.82, 2.24) is 24.9 Å². The summed E-state index contributed by atoms with van der Waals surface area (Å²) in [6.07, 6.45) is 7.40. The second-order valence-electron chi connectivity index (χ2n) is 6.91. The van der Waals surface area contributed by atoms with Crippen molar-refractivity contribution in [1.29, 1.82) is 0 Å². The second kappa shape index (κ2) is 7.75. The molecule has 1 aliphatic carbocycles. The van der Waals surface area contributed by atoms with Crippen LogP contribution in [0.5, 0.6) is 0 Å². The first kappa shape index (κ1) is 18.1. The Morgan fingerprint density at radius 1 is 1.21 bits per heavy atom. The predicted octanol–water partition coefficient (Wildman–Crippen LogP) is 3.31. The molecule has 0 radical (unpaired) electrons. The minimum atomic E-state index is -0.380. The maximum Gasteiger partial charge on any atom is 0.321 e. The van der Waals surface area contributed by atoms with Gasteiger partial charge in [0.1, 0.15) is 5.69 Å². The number of fused-ring (bicyclic) bond motifs is 1. The minimum absolute atomic E-state index is 0.0105. The van der Waals surface area contributed by atoms with E-state index in [-0.39, 0.29) is 23.7 Å². The second-order valence-corrected chi connectivity index (χ2v) is 6.91. The first-order valence-electron chi connectivity index (χ1n) is 9.56. The van der Waals surface area contributed by atoms with Crippen LogP contribution in [0.3, 0.4) is 0 Å². The van der Waals surface area contributed by atoms with Gasteiger partial charge in [-0.05, 0) is 43.5 Å². The average molecular weight is 378 g/mol. The monoisotopic (exact) mass is 378 g/mol. The summed E-state index contributed by atoms with van der Waals surface area (Å²) in [4.78, 5) is 33.6. The van der Waals surface area contributed by atoms with Crippen molar-refractivity contribution in [3.05, 3.63) is 42.4 Å². The molecule has 0 aliphatic heterocycles. The number of ketones is 1. The summed E-state index contributed by atoms with van der Waals surface area (Å²) in [6, 6.07) is 7.10. The lowest BCUT2D eigenvalue weighted by molar-refractivity contribution is 0.0915. The van der Waals surface area contributed by atoms with Crippen LogP contribution in [0.4, 0.5) is 10.7 Å². The van der Waals surface area contributed by atoms with E-state index >= 15 is 0 Å². The Morgan fingerprint density at radius 2 is 2.04 bits per heavy atom. The maximum atomic E-state index is 13.2. The molecule has 144 valence electrons. The number of carbonyl (C=O) groups is 2. The number of Topliss-reactive ketones (excluding diaryl/α,β-unsaturated/α-hetero) is 1. The molecule has 2 amide bonds. The van der Waals surface area contributed by atoms with E-state index in [0.29, 0.717) is 17.9 Å². The molecule has 3 aromatic heterocycles. The van der Waals surface area contributed by atoms with E-state index in [1.807, 2.05) is 31.2 Å². The van der Waals surface area contributed by atoms with Gasteiger partial charge in [-0.15, -0.1) is 5.10 Å². The van der Waals surface area contributed by atoms with Crippen LogP contribution in [0, 0.1) is 5.92 Å². The fraction of sp³-hybridized carbons (Fsp3) is 0.350. The molecule has 0 spiro atoms. The van der Waals surface area contributed by atoms with Crippen molar-refractivity contribution in [2.45, 2.75) is 32.6 Å². The van der Waals surface area contributed by atoms with E-state index in [1.165, 1.54) is 4.52 Å². The quantitative estimate of drug-likeness (QED) is 0.663. The van der Waals surface area contributed by atoms with Crippen LogP contribution in [-0.4, -0.2) is 37.9 Å². The van der Waals surface area contributed by atoms with Gasteiger partial charge in [-0.1, -0.05) is 18.9 Å². The van der Waals surface area contributed by atoms with Crippen LogP contribution >= 0.6 is 0 Å². The summed E-state index contributed by atoms with van der Waals surface area (Å²) < 4.78 is 1.53. The van der Waals surface area contributed by atoms with Crippen LogP contribution in [-0.2, 0) is 0 Å². The van der Waals surface area contributed by atoms with Gasteiger partial charge in [-0.3, -0.25) is 15.1 Å². The molecule has 2 N–H and O–H groups in total. The van der Waals surface area contributed by atoms with Gasteiger partial charge in [0.2, 0.25) is 0 Å². The molecule has 28 heavy (non-hydrogen) atoms. The van der Waals surface area contributed by atoms with E-state index in [2.05, 4.69) is 25.7 Å². The first-order chi connectivity index (χ1) is 13.7. The molecular weight excluding hydrogens is 356 g/mol. The third-order valence-corrected chi connectivity index (χ3v) is 4.97. The van der Waals surface area contributed by atoms with Crippen molar-refractivity contribution in [2.75, 3.05) is 11.9 Å². The van der Waals surface area contributed by atoms with Crippen LogP contribution < -0.4 is 10.6 Å². The molecule has 0 unspecified atom stereocenters. The summed E-state index contributed by atoms with van der Waals surface area (Å²) in [5.74, 6) is 0.244. The number of aromatic nitrogens is 4. The Bertz CT molecular complexity index is 1010. The van der Waals surface area contributed by atoms with Gasteiger partial charge < -0.3 is 5.32 Å². The number of hydrogen-bond acceptors (Lipinski definition) is 5. The largest absolute Gasteiger partial charge is 0.338 e. The van der Waals surface area contributed by atoms with Crippen molar-refractivity contribution in [3.8, 4) is 11.1 Å². The summed E-state index contributed by atoms with van der Waals surface area (Å²) >= 11 is 0. The van der Waals surface area contributed by atoms with Gasteiger partial charge in [0, 0.05) is 30.4 Å². The topological polar surface area (TPSA) is 101 Å². The fourth-order valence-corrected chi connectivity index (χ4v) is 3.62. The van der Waals surface area contributed by atoms with Crippen molar-refractivity contribution < 1.29 is 9.59 Å². The van der Waals surface area contributed by atoms with E-state index in [4.69, 9.17) is 0 Å². The van der Waals surface area contributed by atoms with E-state index in [0.717, 1.165) is 36.8 Å². The highest BCUT2D eigenvalue weighted by Crippen LogP contribution is 2.30. The lowest BCUT2D eigenvalue weighted by Crippen LogP contribution is -2.28. The number of anilines is 1. The number of hydrogen-bond donors (Lipinski definition) is 2. The summed E-state index contributed by atoms with van der Waals surface area (Å²) in [5, 5.41) is 9.61. The zero-order chi connectivity index (χ0) is 19.5. The smallest absolute Gasteiger partial charge is 0.321 e. The van der Waals surface area contributed by atoms with Crippen molar-refractivity contribution in [2.24, 2.45) is 5.92 Å². The normalized spacial score (nSPS) is 14.3. The molecule has 1 saturated carbocycles. The standard InChI is InChI=1S/C20H22N6O2/c1-2-22-20(28)24-19-23-17-11-15(14-8-5-9-21-12-14)10-16(26(17)25-19)18(27)13-6-3-4-7-13/h5,8-13H,2-4,6-7H2,1H3,(H2,22,24,25,28). The third kappa shape index (κ3) is 3.58. The van der Waals surface area contributed by atoms with Gasteiger partial charge in [0.05, 0.1) is 0 Å². The highest BCUT2D eigenvalue weighted by Gasteiger charge is 2.27. The van der Waals surface area contributed by atoms with Crippen LogP contribution in [0.15, 0.2) is 36.7 Å². The zero-order valence-corrected chi connectivity index (χ0v) is 15.7. The molecule has 1 aliphatic rings. The predicted molar refractivity (Wildman–Crippen MR) is 105 cm³/mol. The van der Waals surface area contributed by atoms with Crippen LogP contribution in [0.2, 0.25) is 0 Å². The van der Waals surface area contributed by atoms with Gasteiger partial charge in [0.25, 0.3) is 5.95 Å². The maximum absolute atomic E-state index is 13.2. The molecule has 1 fully saturated rings. The Labute approximate surface area is 162 Å². The molecule has 4 rings (SSSR count). The first-order valence-corrected chi connectivity index (χ1v) is 9.56. The molecule has 0 bridgehead atoms. The number of pyridine rings is 2. The molecular formula is C20H22N6O2. The van der Waals surface area contributed by atoms with Gasteiger partial charge in [-0.2, -0.15) is 4.98 Å². The number of urea groups is 1. The van der Waals surface area contributed by atoms with Crippen molar-refractivity contribution >= 4 is 23.4 Å².